The van der Waals surface area contributed by atoms with Crippen LogP contribution >= 0.6 is 34.7 Å². The van der Waals surface area contributed by atoms with Gasteiger partial charge in [0.15, 0.2) is 4.34 Å². The van der Waals surface area contributed by atoms with E-state index in [1.54, 1.807) is 28.0 Å². The number of nitrogens with zero attached hydrogens (tertiary/aromatic N) is 2. The number of hydrogen-bond donors (Lipinski definition) is 0. The molecule has 1 aliphatic rings. The van der Waals surface area contributed by atoms with Crippen molar-refractivity contribution in [3.8, 4) is 0 Å². The molecule has 0 atom stereocenters. The maximum Gasteiger partial charge on any atom is 0.409 e. The average Bonchev–Trinajstić information content (AvgIpc) is 2.95. The third-order valence-electron chi connectivity index (χ3n) is 2.76. The van der Waals surface area contributed by atoms with Gasteiger partial charge in [0.2, 0.25) is 0 Å². The van der Waals surface area contributed by atoms with Crippen molar-refractivity contribution >= 4 is 51.0 Å². The Labute approximate surface area is 123 Å². The summed E-state index contributed by atoms with van der Waals surface area (Å²) in [5.74, 6) is 0.822. The summed E-state index contributed by atoms with van der Waals surface area (Å²) >= 11 is 9.24. The molecule has 1 aliphatic heterocycles. The Hall–Kier alpha value is -0.980. The van der Waals surface area contributed by atoms with Gasteiger partial charge in [-0.1, -0.05) is 23.4 Å². The van der Waals surface area contributed by atoms with E-state index in [-0.39, 0.29) is 6.09 Å². The van der Waals surface area contributed by atoms with Crippen molar-refractivity contribution in [2.75, 3.05) is 25.4 Å². The monoisotopic (exact) mass is 314 g/mol. The number of thiazole rings is 1. The molecule has 1 aromatic heterocycles. The molecule has 4 nitrogen and oxygen atoms in total. The van der Waals surface area contributed by atoms with Crippen LogP contribution < -0.4 is 0 Å². The molecule has 0 unspecified atom stereocenters. The van der Waals surface area contributed by atoms with Gasteiger partial charge < -0.3 is 9.64 Å². The summed E-state index contributed by atoms with van der Waals surface area (Å²) in [5, 5.41) is 0.703. The second-order valence-corrected chi connectivity index (χ2v) is 6.85. The van der Waals surface area contributed by atoms with E-state index in [0.29, 0.717) is 24.7 Å². The molecule has 0 spiro atoms. The number of fused-ring (bicyclic) bond motifs is 1. The van der Waals surface area contributed by atoms with Gasteiger partial charge in [0.25, 0.3) is 0 Å². The minimum Gasteiger partial charge on any atom is -0.448 e. The van der Waals surface area contributed by atoms with Gasteiger partial charge in [-0.15, -0.1) is 11.3 Å². The van der Waals surface area contributed by atoms with E-state index in [4.69, 9.17) is 16.3 Å². The summed E-state index contributed by atoms with van der Waals surface area (Å²) in [5.41, 5.74) is 0.931. The molecule has 7 heteroatoms. The van der Waals surface area contributed by atoms with E-state index in [0.717, 1.165) is 20.3 Å². The topological polar surface area (TPSA) is 42.4 Å². The molecule has 1 fully saturated rings. The number of hydrogen-bond acceptors (Lipinski definition) is 5. The van der Waals surface area contributed by atoms with Crippen LogP contribution in [0.2, 0.25) is 5.02 Å². The Morgan fingerprint density at radius 3 is 3.21 bits per heavy atom. The second kappa shape index (κ2) is 5.56. The van der Waals surface area contributed by atoms with Gasteiger partial charge in [0.05, 0.1) is 16.8 Å². The molecule has 2 aromatic rings. The number of rotatable bonds is 4. The Morgan fingerprint density at radius 1 is 1.53 bits per heavy atom. The molecular weight excluding hydrogens is 304 g/mol. The Balaban J connectivity index is 1.60. The lowest BCUT2D eigenvalue weighted by Gasteiger charge is -2.10. The molecule has 0 radical (unpaired) electrons. The first-order chi connectivity index (χ1) is 9.22. The van der Waals surface area contributed by atoms with Crippen LogP contribution in [-0.2, 0) is 4.74 Å². The summed E-state index contributed by atoms with van der Waals surface area (Å²) in [4.78, 5) is 17.5. The number of carbonyl (C=O) groups excluding carboxylic acids is 1. The van der Waals surface area contributed by atoms with Gasteiger partial charge in [-0.25, -0.2) is 9.78 Å². The van der Waals surface area contributed by atoms with E-state index in [1.807, 2.05) is 18.2 Å². The zero-order valence-corrected chi connectivity index (χ0v) is 12.4. The van der Waals surface area contributed by atoms with Crippen LogP contribution in [0.1, 0.15) is 0 Å². The van der Waals surface area contributed by atoms with Gasteiger partial charge in [-0.3, -0.25) is 0 Å². The molecule has 19 heavy (non-hydrogen) atoms. The van der Waals surface area contributed by atoms with E-state index in [1.165, 1.54) is 0 Å². The molecule has 0 saturated carbocycles. The summed E-state index contributed by atoms with van der Waals surface area (Å²) < 4.78 is 7.02. The molecule has 100 valence electrons. The normalized spacial score (nSPS) is 15.2. The molecular formula is C12H11ClN2O2S2. The quantitative estimate of drug-likeness (QED) is 0.810. The fraction of sp³-hybridized carbons (Fsp3) is 0.333. The van der Waals surface area contributed by atoms with Crippen molar-refractivity contribution in [3.63, 3.8) is 0 Å². The zero-order valence-electron chi connectivity index (χ0n) is 9.97. The first kappa shape index (κ1) is 13.0. The lowest BCUT2D eigenvalue weighted by molar-refractivity contribution is 0.160. The van der Waals surface area contributed by atoms with E-state index >= 15 is 0 Å². The molecule has 1 amide bonds. The highest BCUT2D eigenvalue weighted by atomic mass is 35.5. The number of halogens is 1. The average molecular weight is 315 g/mol. The first-order valence-corrected chi connectivity index (χ1v) is 8.01. The number of amides is 1. The van der Waals surface area contributed by atoms with Gasteiger partial charge in [0.1, 0.15) is 6.61 Å². The van der Waals surface area contributed by atoms with Crippen molar-refractivity contribution < 1.29 is 9.53 Å². The summed E-state index contributed by atoms with van der Waals surface area (Å²) in [6, 6.07) is 5.73. The molecule has 2 heterocycles. The summed E-state index contributed by atoms with van der Waals surface area (Å²) in [6.45, 7) is 1.89. The Morgan fingerprint density at radius 2 is 2.42 bits per heavy atom. The standard InChI is InChI=1S/C12H11ClN2O2S2/c13-8-1-2-10-9(7-8)14-11(19-10)18-6-4-15-3-5-17-12(15)16/h1-2,7H,3-6H2. The maximum absolute atomic E-state index is 11.3. The van der Waals surface area contributed by atoms with Crippen LogP contribution in [0.4, 0.5) is 4.79 Å². The Bertz CT molecular complexity index is 617. The molecule has 3 rings (SSSR count). The maximum atomic E-state index is 11.3. The van der Waals surface area contributed by atoms with E-state index in [2.05, 4.69) is 4.98 Å². The third kappa shape index (κ3) is 2.96. The van der Waals surface area contributed by atoms with Crippen molar-refractivity contribution in [3.05, 3.63) is 23.2 Å². The van der Waals surface area contributed by atoms with Gasteiger partial charge in [-0.05, 0) is 18.2 Å². The number of aromatic nitrogens is 1. The van der Waals surface area contributed by atoms with Gasteiger partial charge in [0, 0.05) is 17.3 Å². The van der Waals surface area contributed by atoms with Crippen LogP contribution in [0, 0.1) is 0 Å². The molecule has 1 saturated heterocycles. The predicted octanol–water partition coefficient (Wildman–Crippen LogP) is 3.49. The first-order valence-electron chi connectivity index (χ1n) is 5.83. The van der Waals surface area contributed by atoms with Gasteiger partial charge in [-0.2, -0.15) is 0 Å². The van der Waals surface area contributed by atoms with Crippen LogP contribution in [0.15, 0.2) is 22.5 Å². The highest BCUT2D eigenvalue weighted by molar-refractivity contribution is 8.01. The number of carbonyl (C=O) groups is 1. The fourth-order valence-corrected chi connectivity index (χ4v) is 4.06. The number of cyclic esters (lactones) is 1. The summed E-state index contributed by atoms with van der Waals surface area (Å²) in [7, 11) is 0. The molecule has 1 aromatic carbocycles. The molecule has 0 N–H and O–H groups in total. The second-order valence-electron chi connectivity index (χ2n) is 4.04. The van der Waals surface area contributed by atoms with E-state index in [9.17, 15) is 4.79 Å². The fourth-order valence-electron chi connectivity index (χ4n) is 1.81. The summed E-state index contributed by atoms with van der Waals surface area (Å²) in [6.07, 6.45) is -0.211. The highest BCUT2D eigenvalue weighted by Crippen LogP contribution is 2.31. The van der Waals surface area contributed by atoms with Crippen LogP contribution in [0.3, 0.4) is 0 Å². The highest BCUT2D eigenvalue weighted by Gasteiger charge is 2.21. The van der Waals surface area contributed by atoms with Gasteiger partial charge >= 0.3 is 6.09 Å². The van der Waals surface area contributed by atoms with Crippen molar-refractivity contribution in [2.24, 2.45) is 0 Å². The van der Waals surface area contributed by atoms with Crippen molar-refractivity contribution in [2.45, 2.75) is 4.34 Å². The minimum absolute atomic E-state index is 0.211. The van der Waals surface area contributed by atoms with Crippen LogP contribution in [-0.4, -0.2) is 41.4 Å². The third-order valence-corrected chi connectivity index (χ3v) is 5.16. The van der Waals surface area contributed by atoms with E-state index < -0.39 is 0 Å². The van der Waals surface area contributed by atoms with Crippen LogP contribution in [0.5, 0.6) is 0 Å². The number of ether oxygens (including phenoxy) is 1. The SMILES string of the molecule is O=C1OCCN1CCSc1nc2cc(Cl)ccc2s1. The largest absolute Gasteiger partial charge is 0.448 e. The number of benzene rings is 1. The van der Waals surface area contributed by atoms with Crippen molar-refractivity contribution in [1.82, 2.24) is 9.88 Å². The van der Waals surface area contributed by atoms with Crippen LogP contribution in [0.25, 0.3) is 10.2 Å². The zero-order chi connectivity index (χ0) is 13.2. The predicted molar refractivity (Wildman–Crippen MR) is 78.3 cm³/mol. The number of thioether (sulfide) groups is 1. The lowest BCUT2D eigenvalue weighted by atomic mass is 10.3. The minimum atomic E-state index is -0.211. The smallest absolute Gasteiger partial charge is 0.409 e. The lowest BCUT2D eigenvalue weighted by Crippen LogP contribution is -2.26. The Kier molecular flexibility index (Phi) is 3.81. The molecule has 0 aliphatic carbocycles. The van der Waals surface area contributed by atoms with Crippen molar-refractivity contribution in [1.29, 1.82) is 0 Å². The molecule has 0 bridgehead atoms.